The van der Waals surface area contributed by atoms with Gasteiger partial charge in [0.25, 0.3) is 15.9 Å². The molecule has 0 unspecified atom stereocenters. The lowest BCUT2D eigenvalue weighted by atomic mass is 9.87. The molecule has 11 heteroatoms. The second-order valence-electron chi connectivity index (χ2n) is 16.1. The molecular weight excluding hydrogens is 661 g/mol. The largest absolute Gasteiger partial charge is 0.475 e. The zero-order chi connectivity index (χ0) is 36.7. The van der Waals surface area contributed by atoms with Crippen molar-refractivity contribution in [2.45, 2.75) is 85.2 Å². The van der Waals surface area contributed by atoms with Crippen LogP contribution in [0.1, 0.15) is 81.1 Å². The van der Waals surface area contributed by atoms with E-state index >= 15 is 0 Å². The van der Waals surface area contributed by atoms with E-state index in [1.807, 2.05) is 50.2 Å². The predicted molar refractivity (Wildman–Crippen MR) is 201 cm³/mol. The minimum absolute atomic E-state index is 0.0662. The normalized spacial score (nSPS) is 17.8. The summed E-state index contributed by atoms with van der Waals surface area (Å²) in [5.41, 5.74) is 4.34. The van der Waals surface area contributed by atoms with Crippen molar-refractivity contribution in [1.82, 2.24) is 19.9 Å². The Balaban J connectivity index is 1.43. The van der Waals surface area contributed by atoms with Crippen molar-refractivity contribution in [1.29, 1.82) is 0 Å². The SMILES string of the molecule is Cc1cccc(C)c1-c1cc2nc(n1)NS(=O)(=O)c1cccc(c1)C(=O)N(Cc1cccc(N(C)CC(C)(C)C3CC3)n1)[C@H](CC(C)(C)C)CO2. The van der Waals surface area contributed by atoms with Gasteiger partial charge in [-0.15, -0.1) is 0 Å². The first-order chi connectivity index (χ1) is 24.0. The van der Waals surface area contributed by atoms with Crippen LogP contribution in [0.5, 0.6) is 5.88 Å². The Morgan fingerprint density at radius 1 is 0.922 bits per heavy atom. The van der Waals surface area contributed by atoms with Gasteiger partial charge in [-0.05, 0) is 91.3 Å². The van der Waals surface area contributed by atoms with Crippen LogP contribution >= 0.6 is 0 Å². The molecule has 4 aromatic rings. The van der Waals surface area contributed by atoms with Gasteiger partial charge < -0.3 is 14.5 Å². The highest BCUT2D eigenvalue weighted by Crippen LogP contribution is 2.45. The molecule has 1 fully saturated rings. The van der Waals surface area contributed by atoms with Gasteiger partial charge in [-0.25, -0.2) is 23.1 Å². The van der Waals surface area contributed by atoms with E-state index in [4.69, 9.17) is 9.72 Å². The minimum atomic E-state index is -4.17. The standard InChI is InChI=1S/C40H50N6O4S/c1-26-12-9-13-27(2)36(26)33-21-35-43-38(42-33)44-51(48,49)32-16-10-14-28(20-32)37(47)46(31(24-50-35)22-39(3,4)5)23-30-15-11-17-34(41-30)45(8)25-40(6,7)29-18-19-29/h9-17,20-21,29,31H,18-19,22-25H2,1-8H3,(H,42,43,44)/t31-/m1/s1. The van der Waals surface area contributed by atoms with E-state index < -0.39 is 16.1 Å². The van der Waals surface area contributed by atoms with E-state index in [2.05, 4.69) is 61.3 Å². The smallest absolute Gasteiger partial charge is 0.264 e. The van der Waals surface area contributed by atoms with Gasteiger partial charge in [0.1, 0.15) is 12.4 Å². The molecule has 51 heavy (non-hydrogen) atoms. The number of fused-ring (bicyclic) bond motifs is 4. The molecule has 2 aromatic heterocycles. The number of hydrogen-bond donors (Lipinski definition) is 1. The Kier molecular flexibility index (Phi) is 9.89. The van der Waals surface area contributed by atoms with Crippen molar-refractivity contribution in [3.05, 3.63) is 89.1 Å². The van der Waals surface area contributed by atoms with Gasteiger partial charge >= 0.3 is 0 Å². The molecule has 0 radical (unpaired) electrons. The van der Waals surface area contributed by atoms with Crippen molar-refractivity contribution in [2.75, 3.05) is 29.8 Å². The fraction of sp³-hybridized carbons (Fsp3) is 0.450. The zero-order valence-corrected chi connectivity index (χ0v) is 31.8. The predicted octanol–water partition coefficient (Wildman–Crippen LogP) is 7.67. The fourth-order valence-electron chi connectivity index (χ4n) is 7.17. The summed E-state index contributed by atoms with van der Waals surface area (Å²) in [6.45, 7) is 16.2. The Labute approximate surface area is 302 Å². The number of amides is 1. The summed E-state index contributed by atoms with van der Waals surface area (Å²) in [4.78, 5) is 32.7. The Morgan fingerprint density at radius 3 is 2.29 bits per heavy atom. The molecule has 1 atom stereocenters. The summed E-state index contributed by atoms with van der Waals surface area (Å²) < 4.78 is 36.5. The maximum Gasteiger partial charge on any atom is 0.264 e. The molecule has 1 N–H and O–H groups in total. The number of anilines is 2. The summed E-state index contributed by atoms with van der Waals surface area (Å²) in [5, 5.41) is 0. The number of ether oxygens (including phenoxy) is 1. The number of aryl methyl sites for hydroxylation is 2. The number of hydrogen-bond acceptors (Lipinski definition) is 8. The van der Waals surface area contributed by atoms with Crippen molar-refractivity contribution in [2.24, 2.45) is 16.7 Å². The van der Waals surface area contributed by atoms with E-state index in [9.17, 15) is 13.2 Å². The summed E-state index contributed by atoms with van der Waals surface area (Å²) in [6.07, 6.45) is 3.14. The number of aromatic nitrogens is 3. The van der Waals surface area contributed by atoms with E-state index in [1.165, 1.54) is 25.0 Å². The quantitative estimate of drug-likeness (QED) is 0.198. The van der Waals surface area contributed by atoms with E-state index in [1.54, 1.807) is 23.1 Å². The number of nitrogens with one attached hydrogen (secondary N) is 1. The molecule has 6 rings (SSSR count). The topological polar surface area (TPSA) is 118 Å². The first kappa shape index (κ1) is 36.3. The molecule has 1 aliphatic carbocycles. The highest BCUT2D eigenvalue weighted by atomic mass is 32.2. The van der Waals surface area contributed by atoms with Gasteiger partial charge in [0.05, 0.1) is 28.9 Å². The molecule has 0 spiro atoms. The maximum absolute atomic E-state index is 14.6. The third-order valence-corrected chi connectivity index (χ3v) is 11.2. The van der Waals surface area contributed by atoms with Crippen LogP contribution in [0.15, 0.2) is 71.6 Å². The van der Waals surface area contributed by atoms with Gasteiger partial charge in [0.2, 0.25) is 11.8 Å². The van der Waals surface area contributed by atoms with Crippen LogP contribution in [0.3, 0.4) is 0 Å². The van der Waals surface area contributed by atoms with Crippen LogP contribution < -0.4 is 14.4 Å². The van der Waals surface area contributed by atoms with Crippen LogP contribution in [0, 0.1) is 30.6 Å². The molecule has 0 saturated heterocycles. The fourth-order valence-corrected chi connectivity index (χ4v) is 8.16. The highest BCUT2D eigenvalue weighted by Gasteiger charge is 2.38. The molecule has 2 aromatic carbocycles. The molecule has 4 bridgehead atoms. The highest BCUT2D eigenvalue weighted by molar-refractivity contribution is 7.92. The molecule has 1 aliphatic heterocycles. The summed E-state index contributed by atoms with van der Waals surface area (Å²) >= 11 is 0. The molecule has 270 valence electrons. The van der Waals surface area contributed by atoms with E-state index in [0.717, 1.165) is 40.7 Å². The third-order valence-electron chi connectivity index (χ3n) is 9.87. The monoisotopic (exact) mass is 710 g/mol. The minimum Gasteiger partial charge on any atom is -0.475 e. The van der Waals surface area contributed by atoms with Crippen LogP contribution in [0.2, 0.25) is 0 Å². The first-order valence-corrected chi connectivity index (χ1v) is 19.2. The second-order valence-corrected chi connectivity index (χ2v) is 17.8. The lowest BCUT2D eigenvalue weighted by Crippen LogP contribution is -2.45. The zero-order valence-electron chi connectivity index (χ0n) is 31.0. The molecule has 1 amide bonds. The van der Waals surface area contributed by atoms with Gasteiger partial charge in [0.15, 0.2) is 0 Å². The number of pyridine rings is 1. The van der Waals surface area contributed by atoms with Gasteiger partial charge in [-0.1, -0.05) is 65.0 Å². The molecule has 10 nitrogen and oxygen atoms in total. The third kappa shape index (κ3) is 8.52. The van der Waals surface area contributed by atoms with Gasteiger partial charge in [-0.2, -0.15) is 4.98 Å². The number of benzene rings is 2. The van der Waals surface area contributed by atoms with Gasteiger partial charge in [0, 0.05) is 30.8 Å². The molecule has 1 saturated carbocycles. The van der Waals surface area contributed by atoms with Gasteiger partial charge in [-0.3, -0.25) is 4.79 Å². The number of carbonyl (C=O) groups is 1. The average molecular weight is 711 g/mol. The number of sulfonamides is 1. The molecular formula is C40H50N6O4S. The van der Waals surface area contributed by atoms with Crippen LogP contribution in [-0.4, -0.2) is 60.4 Å². The Bertz CT molecular complexity index is 2020. The second kappa shape index (κ2) is 13.9. The average Bonchev–Trinajstić information content (AvgIpc) is 3.91. The van der Waals surface area contributed by atoms with E-state index in [-0.39, 0.29) is 52.2 Å². The lowest BCUT2D eigenvalue weighted by Gasteiger charge is -2.36. The van der Waals surface area contributed by atoms with Crippen LogP contribution in [-0.2, 0) is 16.6 Å². The Hall–Kier alpha value is -4.51. The maximum atomic E-state index is 14.6. The first-order valence-electron chi connectivity index (χ1n) is 17.7. The number of nitrogens with zero attached hydrogens (tertiary/aromatic N) is 5. The molecule has 3 heterocycles. The summed E-state index contributed by atoms with van der Waals surface area (Å²) in [6, 6.07) is 19.3. The van der Waals surface area contributed by atoms with Crippen molar-refractivity contribution >= 4 is 27.7 Å². The van der Waals surface area contributed by atoms with Crippen LogP contribution in [0.4, 0.5) is 11.8 Å². The Morgan fingerprint density at radius 2 is 1.61 bits per heavy atom. The van der Waals surface area contributed by atoms with E-state index in [0.29, 0.717) is 12.1 Å². The number of carbonyl (C=O) groups excluding carboxylic acids is 1. The molecule has 2 aliphatic rings. The summed E-state index contributed by atoms with van der Waals surface area (Å²) in [5.74, 6) is 1.35. The van der Waals surface area contributed by atoms with Crippen molar-refractivity contribution < 1.29 is 17.9 Å². The van der Waals surface area contributed by atoms with Crippen molar-refractivity contribution in [3.8, 4) is 17.1 Å². The lowest BCUT2D eigenvalue weighted by molar-refractivity contribution is 0.0509. The van der Waals surface area contributed by atoms with Crippen LogP contribution in [0.25, 0.3) is 11.3 Å². The summed E-state index contributed by atoms with van der Waals surface area (Å²) in [7, 11) is -2.10. The number of rotatable bonds is 8. The van der Waals surface area contributed by atoms with Crippen molar-refractivity contribution in [3.63, 3.8) is 0 Å².